The van der Waals surface area contributed by atoms with Crippen LogP contribution in [0.4, 0.5) is 5.69 Å². The molecule has 106 valence electrons. The van der Waals surface area contributed by atoms with Gasteiger partial charge >= 0.3 is 0 Å². The molecule has 1 heterocycles. The second-order valence-corrected chi connectivity index (χ2v) is 5.14. The van der Waals surface area contributed by atoms with E-state index < -0.39 is 11.7 Å². The molecule has 1 aromatic carbocycles. The van der Waals surface area contributed by atoms with E-state index in [0.717, 1.165) is 0 Å². The minimum absolute atomic E-state index is 0.178. The van der Waals surface area contributed by atoms with E-state index in [-0.39, 0.29) is 12.5 Å². The predicted molar refractivity (Wildman–Crippen MR) is 75.7 cm³/mol. The van der Waals surface area contributed by atoms with Crippen molar-refractivity contribution in [1.82, 2.24) is 5.32 Å². The smallest absolute Gasteiger partial charge is 0.299 e. The summed E-state index contributed by atoms with van der Waals surface area (Å²) < 4.78 is 5.53. The van der Waals surface area contributed by atoms with E-state index in [9.17, 15) is 14.4 Å². The Balaban J connectivity index is 2.12. The maximum absolute atomic E-state index is 11.9. The zero-order valence-electron chi connectivity index (χ0n) is 10.8. The molecule has 0 saturated heterocycles. The first-order valence-electron chi connectivity index (χ1n) is 5.96. The molecule has 0 aromatic heterocycles. The lowest BCUT2D eigenvalue weighted by Crippen LogP contribution is -2.41. The number of amides is 2. The van der Waals surface area contributed by atoms with E-state index in [1.54, 1.807) is 18.2 Å². The molecule has 1 aromatic rings. The van der Waals surface area contributed by atoms with Gasteiger partial charge in [-0.25, -0.2) is 0 Å². The van der Waals surface area contributed by atoms with Gasteiger partial charge in [0, 0.05) is 18.1 Å². The summed E-state index contributed by atoms with van der Waals surface area (Å²) in [5.74, 6) is -1.61. The van der Waals surface area contributed by atoms with E-state index in [0.29, 0.717) is 28.9 Å². The van der Waals surface area contributed by atoms with Gasteiger partial charge in [-0.3, -0.25) is 19.3 Å². The number of carbonyl (C=O) groups is 3. The van der Waals surface area contributed by atoms with Gasteiger partial charge in [0.1, 0.15) is 6.54 Å². The first kappa shape index (κ1) is 14.7. The van der Waals surface area contributed by atoms with E-state index in [1.165, 1.54) is 12.0 Å². The number of Topliss-reactive ketones (excluding diaryl/α,β-unsaturated/α-hetero) is 1. The van der Waals surface area contributed by atoms with Crippen molar-refractivity contribution in [1.29, 1.82) is 0 Å². The third-order valence-electron chi connectivity index (χ3n) is 2.86. The van der Waals surface area contributed by atoms with Crippen LogP contribution in [0.3, 0.4) is 0 Å². The highest BCUT2D eigenvalue weighted by molar-refractivity contribution is 9.10. The number of hydrogen-bond donors (Lipinski definition) is 1. The fourth-order valence-corrected chi connectivity index (χ4v) is 2.28. The molecule has 0 bridgehead atoms. The standard InChI is InChI=1S/C13H13BrN2O4/c1-20-5-4-15-11(17)7-16-10-3-2-8(14)6-9(10)12(18)13(16)19/h2-3,6H,4-5,7H2,1H3,(H,15,17). The van der Waals surface area contributed by atoms with Gasteiger partial charge < -0.3 is 10.1 Å². The van der Waals surface area contributed by atoms with E-state index in [4.69, 9.17) is 4.74 Å². The van der Waals surface area contributed by atoms with Gasteiger partial charge in [0.15, 0.2) is 0 Å². The third-order valence-corrected chi connectivity index (χ3v) is 3.36. The molecule has 0 unspecified atom stereocenters. The molecule has 7 heteroatoms. The average Bonchev–Trinajstić information content (AvgIpc) is 2.64. The van der Waals surface area contributed by atoms with Gasteiger partial charge in [-0.1, -0.05) is 15.9 Å². The molecule has 0 spiro atoms. The van der Waals surface area contributed by atoms with Crippen LogP contribution in [0.2, 0.25) is 0 Å². The molecule has 0 saturated carbocycles. The number of ketones is 1. The second-order valence-electron chi connectivity index (χ2n) is 4.22. The van der Waals surface area contributed by atoms with Gasteiger partial charge in [0.05, 0.1) is 17.9 Å². The summed E-state index contributed by atoms with van der Waals surface area (Å²) in [5.41, 5.74) is 0.777. The van der Waals surface area contributed by atoms with E-state index in [2.05, 4.69) is 21.2 Å². The molecule has 20 heavy (non-hydrogen) atoms. The van der Waals surface area contributed by atoms with Crippen LogP contribution in [-0.4, -0.2) is 44.4 Å². The third kappa shape index (κ3) is 2.88. The highest BCUT2D eigenvalue weighted by Gasteiger charge is 2.36. The predicted octanol–water partition coefficient (Wildman–Crippen LogP) is 0.741. The number of carbonyl (C=O) groups excluding carboxylic acids is 3. The maximum Gasteiger partial charge on any atom is 0.299 e. The summed E-state index contributed by atoms with van der Waals surface area (Å²) in [6.45, 7) is 0.573. The van der Waals surface area contributed by atoms with Crippen LogP contribution in [0.1, 0.15) is 10.4 Å². The van der Waals surface area contributed by atoms with E-state index >= 15 is 0 Å². The number of benzene rings is 1. The molecule has 0 radical (unpaired) electrons. The van der Waals surface area contributed by atoms with Crippen LogP contribution in [0.5, 0.6) is 0 Å². The fourth-order valence-electron chi connectivity index (χ4n) is 1.92. The Morgan fingerprint density at radius 3 is 2.85 bits per heavy atom. The van der Waals surface area contributed by atoms with Crippen molar-refractivity contribution in [3.8, 4) is 0 Å². The number of ether oxygens (including phenoxy) is 1. The number of halogens is 1. The number of nitrogens with one attached hydrogen (secondary N) is 1. The summed E-state index contributed by atoms with van der Waals surface area (Å²) in [6, 6.07) is 4.95. The summed E-state index contributed by atoms with van der Waals surface area (Å²) in [4.78, 5) is 36.6. The molecule has 0 fully saturated rings. The maximum atomic E-state index is 11.9. The Morgan fingerprint density at radius 1 is 1.40 bits per heavy atom. The second kappa shape index (κ2) is 6.15. The number of methoxy groups -OCH3 is 1. The minimum Gasteiger partial charge on any atom is -0.383 e. The number of rotatable bonds is 5. The zero-order valence-corrected chi connectivity index (χ0v) is 12.4. The molecule has 1 aliphatic heterocycles. The largest absolute Gasteiger partial charge is 0.383 e. The van der Waals surface area contributed by atoms with Crippen LogP contribution in [0.15, 0.2) is 22.7 Å². The monoisotopic (exact) mass is 340 g/mol. The highest BCUT2D eigenvalue weighted by Crippen LogP contribution is 2.30. The summed E-state index contributed by atoms with van der Waals surface area (Å²) in [6.07, 6.45) is 0. The van der Waals surface area contributed by atoms with Crippen molar-refractivity contribution in [2.45, 2.75) is 0 Å². The van der Waals surface area contributed by atoms with Crippen molar-refractivity contribution in [3.05, 3.63) is 28.2 Å². The first-order valence-corrected chi connectivity index (χ1v) is 6.75. The molecule has 2 rings (SSSR count). The minimum atomic E-state index is -0.681. The van der Waals surface area contributed by atoms with E-state index in [1.807, 2.05) is 0 Å². The number of fused-ring (bicyclic) bond motifs is 1. The highest BCUT2D eigenvalue weighted by atomic mass is 79.9. The van der Waals surface area contributed by atoms with Crippen molar-refractivity contribution in [2.24, 2.45) is 0 Å². The number of hydrogen-bond acceptors (Lipinski definition) is 4. The Labute approximate surface area is 124 Å². The Kier molecular flexibility index (Phi) is 4.51. The van der Waals surface area contributed by atoms with Crippen LogP contribution in [0.25, 0.3) is 0 Å². The van der Waals surface area contributed by atoms with Gasteiger partial charge in [0.25, 0.3) is 11.7 Å². The SMILES string of the molecule is COCCNC(=O)CN1C(=O)C(=O)c2cc(Br)ccc21. The lowest BCUT2D eigenvalue weighted by atomic mass is 10.1. The molecular formula is C13H13BrN2O4. The van der Waals surface area contributed by atoms with Crippen LogP contribution < -0.4 is 10.2 Å². The van der Waals surface area contributed by atoms with Crippen molar-refractivity contribution in [3.63, 3.8) is 0 Å². The zero-order chi connectivity index (χ0) is 14.7. The fraction of sp³-hybridized carbons (Fsp3) is 0.308. The molecule has 0 atom stereocenters. The molecule has 2 amide bonds. The van der Waals surface area contributed by atoms with Gasteiger partial charge in [-0.2, -0.15) is 0 Å². The molecule has 1 aliphatic rings. The number of anilines is 1. The first-order chi connectivity index (χ1) is 9.54. The summed E-state index contributed by atoms with van der Waals surface area (Å²) in [5, 5.41) is 2.61. The Bertz CT molecular complexity index is 573. The lowest BCUT2D eigenvalue weighted by molar-refractivity contribution is -0.122. The van der Waals surface area contributed by atoms with Gasteiger partial charge in [0.2, 0.25) is 5.91 Å². The van der Waals surface area contributed by atoms with Crippen molar-refractivity contribution in [2.75, 3.05) is 31.7 Å². The average molecular weight is 341 g/mol. The summed E-state index contributed by atoms with van der Waals surface area (Å²) >= 11 is 3.25. The number of nitrogens with zero attached hydrogens (tertiary/aromatic N) is 1. The Hall–Kier alpha value is -1.73. The normalized spacial score (nSPS) is 13.6. The van der Waals surface area contributed by atoms with Crippen LogP contribution in [-0.2, 0) is 14.3 Å². The van der Waals surface area contributed by atoms with Crippen molar-refractivity contribution >= 4 is 39.2 Å². The molecular weight excluding hydrogens is 328 g/mol. The van der Waals surface area contributed by atoms with Crippen LogP contribution >= 0.6 is 15.9 Å². The van der Waals surface area contributed by atoms with Crippen molar-refractivity contribution < 1.29 is 19.1 Å². The topological polar surface area (TPSA) is 75.7 Å². The molecule has 0 aliphatic carbocycles. The van der Waals surface area contributed by atoms with Gasteiger partial charge in [-0.15, -0.1) is 0 Å². The molecule has 1 N–H and O–H groups in total. The van der Waals surface area contributed by atoms with Gasteiger partial charge in [-0.05, 0) is 18.2 Å². The summed E-state index contributed by atoms with van der Waals surface area (Å²) in [7, 11) is 1.53. The lowest BCUT2D eigenvalue weighted by Gasteiger charge is -2.16. The van der Waals surface area contributed by atoms with Crippen LogP contribution in [0, 0.1) is 0 Å². The quantitative estimate of drug-likeness (QED) is 0.633. The Morgan fingerprint density at radius 2 is 2.15 bits per heavy atom. The molecule has 6 nitrogen and oxygen atoms in total.